The lowest BCUT2D eigenvalue weighted by atomic mass is 10.1. The van der Waals surface area contributed by atoms with Crippen LogP contribution in [0.2, 0.25) is 0 Å². The van der Waals surface area contributed by atoms with Crippen molar-refractivity contribution in [2.75, 3.05) is 18.5 Å². The molecular formula is C12H15N3O3. The molecule has 0 fully saturated rings. The number of hydrogen-bond acceptors (Lipinski definition) is 5. The second-order valence-electron chi connectivity index (χ2n) is 4.13. The van der Waals surface area contributed by atoms with E-state index in [1.165, 1.54) is 12.1 Å². The van der Waals surface area contributed by atoms with Crippen LogP contribution in [0.1, 0.15) is 18.9 Å². The summed E-state index contributed by atoms with van der Waals surface area (Å²) in [7, 11) is 1.78. The molecule has 0 aliphatic heterocycles. The van der Waals surface area contributed by atoms with Gasteiger partial charge in [-0.3, -0.25) is 10.1 Å². The second-order valence-corrected chi connectivity index (χ2v) is 4.13. The zero-order valence-corrected chi connectivity index (χ0v) is 10.3. The van der Waals surface area contributed by atoms with Crippen LogP contribution < -0.4 is 4.90 Å². The number of non-ortho nitro benzene ring substituents is 1. The average Bonchev–Trinajstić information content (AvgIpc) is 2.34. The topological polar surface area (TPSA) is 90.4 Å². The van der Waals surface area contributed by atoms with Gasteiger partial charge in [-0.05, 0) is 19.4 Å². The van der Waals surface area contributed by atoms with Gasteiger partial charge in [-0.25, -0.2) is 0 Å². The smallest absolute Gasteiger partial charge is 0.270 e. The Morgan fingerprint density at radius 1 is 1.61 bits per heavy atom. The Morgan fingerprint density at radius 2 is 2.28 bits per heavy atom. The van der Waals surface area contributed by atoms with Gasteiger partial charge < -0.3 is 10.0 Å². The van der Waals surface area contributed by atoms with E-state index in [0.29, 0.717) is 18.7 Å². The van der Waals surface area contributed by atoms with Crippen LogP contribution in [0.4, 0.5) is 11.4 Å². The van der Waals surface area contributed by atoms with Gasteiger partial charge in [0.05, 0.1) is 22.3 Å². The lowest BCUT2D eigenvalue weighted by Crippen LogP contribution is -2.22. The standard InChI is InChI=1S/C12H15N3O3/c1-9(16)5-6-14(2)12-4-3-11(15(17)18)7-10(12)8-13/h3-4,7,9,16H,5-6H2,1-2H3. The normalized spacial score (nSPS) is 11.7. The van der Waals surface area contributed by atoms with Crippen molar-refractivity contribution in [2.45, 2.75) is 19.4 Å². The summed E-state index contributed by atoms with van der Waals surface area (Å²) in [6.07, 6.45) is 0.147. The number of nitro benzene ring substituents is 1. The Labute approximate surface area is 105 Å². The van der Waals surface area contributed by atoms with Crippen LogP contribution in [0, 0.1) is 21.4 Å². The van der Waals surface area contributed by atoms with Gasteiger partial charge in [0.15, 0.2) is 0 Å². The molecule has 0 bridgehead atoms. The predicted octanol–water partition coefficient (Wildman–Crippen LogP) is 1.67. The van der Waals surface area contributed by atoms with Gasteiger partial charge in [0.25, 0.3) is 5.69 Å². The van der Waals surface area contributed by atoms with Crippen molar-refractivity contribution in [3.8, 4) is 6.07 Å². The maximum atomic E-state index is 10.6. The van der Waals surface area contributed by atoms with Crippen LogP contribution in [-0.4, -0.2) is 29.7 Å². The zero-order valence-electron chi connectivity index (χ0n) is 10.3. The Morgan fingerprint density at radius 3 is 2.78 bits per heavy atom. The minimum Gasteiger partial charge on any atom is -0.393 e. The summed E-state index contributed by atoms with van der Waals surface area (Å²) in [4.78, 5) is 11.9. The molecule has 1 N–H and O–H groups in total. The maximum Gasteiger partial charge on any atom is 0.270 e. The van der Waals surface area contributed by atoms with Crippen molar-refractivity contribution in [1.29, 1.82) is 5.26 Å². The third-order valence-corrected chi connectivity index (χ3v) is 2.60. The number of anilines is 1. The molecule has 0 saturated carbocycles. The molecule has 0 aliphatic rings. The van der Waals surface area contributed by atoms with E-state index in [9.17, 15) is 15.2 Å². The monoisotopic (exact) mass is 249 g/mol. The molecule has 1 aromatic carbocycles. The van der Waals surface area contributed by atoms with E-state index in [0.717, 1.165) is 0 Å². The molecular weight excluding hydrogens is 234 g/mol. The van der Waals surface area contributed by atoms with E-state index in [4.69, 9.17) is 5.26 Å². The molecule has 0 saturated heterocycles. The van der Waals surface area contributed by atoms with E-state index >= 15 is 0 Å². The molecule has 0 aliphatic carbocycles. The van der Waals surface area contributed by atoms with Gasteiger partial charge in [0.1, 0.15) is 6.07 Å². The molecule has 1 unspecified atom stereocenters. The highest BCUT2D eigenvalue weighted by Crippen LogP contribution is 2.24. The molecule has 1 aromatic rings. The third-order valence-electron chi connectivity index (χ3n) is 2.60. The van der Waals surface area contributed by atoms with Gasteiger partial charge in [-0.2, -0.15) is 5.26 Å². The van der Waals surface area contributed by atoms with Crippen LogP contribution in [0.25, 0.3) is 0 Å². The number of nitro groups is 1. The Balaban J connectivity index is 2.95. The molecule has 6 heteroatoms. The van der Waals surface area contributed by atoms with Crippen molar-refractivity contribution in [3.63, 3.8) is 0 Å². The lowest BCUT2D eigenvalue weighted by molar-refractivity contribution is -0.384. The Kier molecular flexibility index (Phi) is 4.63. The summed E-state index contributed by atoms with van der Waals surface area (Å²) < 4.78 is 0. The number of nitrogens with zero attached hydrogens (tertiary/aromatic N) is 3. The van der Waals surface area contributed by atoms with E-state index in [1.54, 1.807) is 24.9 Å². The molecule has 0 amide bonds. The third kappa shape index (κ3) is 3.43. The SMILES string of the molecule is CC(O)CCN(C)c1ccc([N+](=O)[O-])cc1C#N. The summed E-state index contributed by atoms with van der Waals surface area (Å²) in [6.45, 7) is 2.26. The molecule has 6 nitrogen and oxygen atoms in total. The van der Waals surface area contributed by atoms with Crippen LogP contribution >= 0.6 is 0 Å². The van der Waals surface area contributed by atoms with Crippen molar-refractivity contribution >= 4 is 11.4 Å². The first-order valence-electron chi connectivity index (χ1n) is 5.53. The van der Waals surface area contributed by atoms with Crippen LogP contribution in [0.15, 0.2) is 18.2 Å². The first-order valence-corrected chi connectivity index (χ1v) is 5.53. The summed E-state index contributed by atoms with van der Waals surface area (Å²) in [5.74, 6) is 0. The minimum absolute atomic E-state index is 0.0979. The van der Waals surface area contributed by atoms with Crippen LogP contribution in [0.5, 0.6) is 0 Å². The quantitative estimate of drug-likeness (QED) is 0.633. The fourth-order valence-electron chi connectivity index (χ4n) is 1.56. The van der Waals surface area contributed by atoms with Crippen LogP contribution in [-0.2, 0) is 0 Å². The largest absolute Gasteiger partial charge is 0.393 e. The number of hydrogen-bond donors (Lipinski definition) is 1. The Bertz CT molecular complexity index is 480. The van der Waals surface area contributed by atoms with Crippen molar-refractivity contribution in [1.82, 2.24) is 0 Å². The number of nitriles is 1. The average molecular weight is 249 g/mol. The molecule has 0 heterocycles. The predicted molar refractivity (Wildman–Crippen MR) is 67.4 cm³/mol. The minimum atomic E-state index is -0.527. The van der Waals surface area contributed by atoms with Gasteiger partial charge >= 0.3 is 0 Å². The zero-order chi connectivity index (χ0) is 13.7. The second kappa shape index (κ2) is 5.98. The summed E-state index contributed by atoms with van der Waals surface area (Å²) in [5, 5.41) is 28.8. The summed E-state index contributed by atoms with van der Waals surface area (Å²) in [5.41, 5.74) is 0.792. The number of aliphatic hydroxyl groups is 1. The first kappa shape index (κ1) is 13.9. The van der Waals surface area contributed by atoms with Crippen LogP contribution in [0.3, 0.4) is 0 Å². The fraction of sp³-hybridized carbons (Fsp3) is 0.417. The molecule has 0 aromatic heterocycles. The van der Waals surface area contributed by atoms with E-state index in [1.807, 2.05) is 6.07 Å². The molecule has 1 atom stereocenters. The highest BCUT2D eigenvalue weighted by molar-refractivity contribution is 5.62. The van der Waals surface area contributed by atoms with E-state index < -0.39 is 11.0 Å². The lowest BCUT2D eigenvalue weighted by Gasteiger charge is -2.21. The molecule has 1 rings (SSSR count). The van der Waals surface area contributed by atoms with Gasteiger partial charge in [-0.1, -0.05) is 0 Å². The molecule has 96 valence electrons. The van der Waals surface area contributed by atoms with E-state index in [-0.39, 0.29) is 11.3 Å². The number of benzene rings is 1. The number of aliphatic hydroxyl groups excluding tert-OH is 1. The first-order chi connectivity index (χ1) is 8.45. The van der Waals surface area contributed by atoms with Crippen molar-refractivity contribution in [3.05, 3.63) is 33.9 Å². The molecule has 18 heavy (non-hydrogen) atoms. The highest BCUT2D eigenvalue weighted by Gasteiger charge is 2.13. The van der Waals surface area contributed by atoms with Gasteiger partial charge in [0, 0.05) is 25.7 Å². The van der Waals surface area contributed by atoms with Crippen molar-refractivity contribution in [2.24, 2.45) is 0 Å². The number of rotatable bonds is 5. The highest BCUT2D eigenvalue weighted by atomic mass is 16.6. The fourth-order valence-corrected chi connectivity index (χ4v) is 1.56. The van der Waals surface area contributed by atoms with E-state index in [2.05, 4.69) is 0 Å². The summed E-state index contributed by atoms with van der Waals surface area (Å²) >= 11 is 0. The summed E-state index contributed by atoms with van der Waals surface area (Å²) in [6, 6.07) is 6.13. The Hall–Kier alpha value is -2.13. The molecule has 0 spiro atoms. The maximum absolute atomic E-state index is 10.6. The molecule has 0 radical (unpaired) electrons. The van der Waals surface area contributed by atoms with Gasteiger partial charge in [-0.15, -0.1) is 0 Å². The van der Waals surface area contributed by atoms with Gasteiger partial charge in [0.2, 0.25) is 0 Å². The van der Waals surface area contributed by atoms with Crippen molar-refractivity contribution < 1.29 is 10.0 Å².